The number of nitrogens with one attached hydrogen (secondary N) is 4. The Kier molecular flexibility index (Phi) is 6.38. The van der Waals surface area contributed by atoms with Gasteiger partial charge in [-0.15, -0.1) is 0 Å². The zero-order chi connectivity index (χ0) is 24.4. The van der Waals surface area contributed by atoms with Crippen molar-refractivity contribution in [1.29, 1.82) is 0 Å². The van der Waals surface area contributed by atoms with E-state index in [9.17, 15) is 9.59 Å². The van der Waals surface area contributed by atoms with Crippen molar-refractivity contribution in [3.05, 3.63) is 70.5 Å². The summed E-state index contributed by atoms with van der Waals surface area (Å²) in [6.45, 7) is 1.88. The van der Waals surface area contributed by atoms with Gasteiger partial charge < -0.3 is 25.8 Å². The number of aryl methyl sites for hydroxylation is 1. The van der Waals surface area contributed by atoms with E-state index in [1.165, 1.54) is 6.20 Å². The molecular weight excluding hydrogens is 454 g/mol. The molecule has 0 unspecified atom stereocenters. The van der Waals surface area contributed by atoms with Crippen LogP contribution >= 0.6 is 11.6 Å². The van der Waals surface area contributed by atoms with Gasteiger partial charge >= 0.3 is 0 Å². The number of carbonyl (C=O) groups is 2. The smallest absolute Gasteiger partial charge is 0.255 e. The van der Waals surface area contributed by atoms with Crippen LogP contribution in [0.5, 0.6) is 0 Å². The first-order valence-corrected chi connectivity index (χ1v) is 10.9. The third kappa shape index (κ3) is 4.51. The van der Waals surface area contributed by atoms with Crippen molar-refractivity contribution in [1.82, 2.24) is 25.2 Å². The number of halogens is 1. The minimum Gasteiger partial charge on any atom is -0.358 e. The molecule has 4 aromatic rings. The minimum atomic E-state index is -0.228. The van der Waals surface area contributed by atoms with Crippen LogP contribution in [0.4, 0.5) is 23.1 Å². The molecule has 2 aromatic carbocycles. The van der Waals surface area contributed by atoms with Gasteiger partial charge in [-0.1, -0.05) is 23.7 Å². The lowest BCUT2D eigenvalue weighted by atomic mass is 10.1. The summed E-state index contributed by atoms with van der Waals surface area (Å²) in [4.78, 5) is 38.3. The van der Waals surface area contributed by atoms with E-state index in [4.69, 9.17) is 11.6 Å². The number of aromatic nitrogens is 3. The van der Waals surface area contributed by atoms with Gasteiger partial charge in [0.25, 0.3) is 11.8 Å². The van der Waals surface area contributed by atoms with Crippen LogP contribution in [-0.2, 0) is 0 Å². The van der Waals surface area contributed by atoms with Crippen molar-refractivity contribution in [3.8, 4) is 0 Å². The molecule has 0 fully saturated rings. The summed E-state index contributed by atoms with van der Waals surface area (Å²) >= 11 is 6.31. The highest BCUT2D eigenvalue weighted by Crippen LogP contribution is 2.29. The molecule has 0 spiro atoms. The van der Waals surface area contributed by atoms with Gasteiger partial charge in [-0.05, 0) is 37.3 Å². The van der Waals surface area contributed by atoms with Gasteiger partial charge in [0.2, 0.25) is 5.95 Å². The summed E-state index contributed by atoms with van der Waals surface area (Å²) in [7, 11) is 5.03. The molecule has 0 saturated carbocycles. The molecule has 4 rings (SSSR count). The molecule has 4 N–H and O–H groups in total. The molecule has 2 aromatic heterocycles. The van der Waals surface area contributed by atoms with Gasteiger partial charge in [-0.25, -0.2) is 4.98 Å². The van der Waals surface area contributed by atoms with Crippen molar-refractivity contribution in [2.24, 2.45) is 0 Å². The number of rotatable bonds is 6. The molecule has 0 radical (unpaired) electrons. The Hall–Kier alpha value is -4.11. The maximum atomic E-state index is 12.5. The second-order valence-corrected chi connectivity index (χ2v) is 8.26. The zero-order valence-electron chi connectivity index (χ0n) is 19.2. The Labute approximate surface area is 201 Å². The van der Waals surface area contributed by atoms with Crippen LogP contribution in [0, 0.1) is 6.92 Å². The van der Waals surface area contributed by atoms with E-state index in [1.54, 1.807) is 44.2 Å². The lowest BCUT2D eigenvalue weighted by Gasteiger charge is -2.13. The molecule has 2 heterocycles. The number of para-hydroxylation sites is 1. The Morgan fingerprint density at radius 1 is 1.09 bits per heavy atom. The van der Waals surface area contributed by atoms with Crippen molar-refractivity contribution < 1.29 is 9.59 Å². The quantitative estimate of drug-likeness (QED) is 0.326. The number of amides is 2. The predicted octanol–water partition coefficient (Wildman–Crippen LogP) is 4.47. The SMILES string of the molecule is CNC(=O)c1ccccc1Nc1nc(Nc2ccc3c(C(=O)N(C)C)c(C)[nH]c3c2)ncc1Cl. The van der Waals surface area contributed by atoms with E-state index >= 15 is 0 Å². The summed E-state index contributed by atoms with van der Waals surface area (Å²) < 4.78 is 0. The van der Waals surface area contributed by atoms with Crippen LogP contribution in [0.2, 0.25) is 5.02 Å². The third-order valence-electron chi connectivity index (χ3n) is 5.26. The molecule has 34 heavy (non-hydrogen) atoms. The second-order valence-electron chi connectivity index (χ2n) is 7.85. The summed E-state index contributed by atoms with van der Waals surface area (Å²) in [5, 5.41) is 10.0. The number of hydrogen-bond acceptors (Lipinski definition) is 6. The van der Waals surface area contributed by atoms with Gasteiger partial charge in [0, 0.05) is 43.4 Å². The summed E-state index contributed by atoms with van der Waals surface area (Å²) in [6.07, 6.45) is 1.48. The number of carbonyl (C=O) groups excluding carboxylic acids is 2. The van der Waals surface area contributed by atoms with Crippen LogP contribution in [0.25, 0.3) is 10.9 Å². The summed E-state index contributed by atoms with van der Waals surface area (Å²) in [5.41, 5.74) is 4.03. The lowest BCUT2D eigenvalue weighted by molar-refractivity contribution is 0.0828. The number of fused-ring (bicyclic) bond motifs is 1. The van der Waals surface area contributed by atoms with E-state index in [-0.39, 0.29) is 11.8 Å². The number of benzene rings is 2. The van der Waals surface area contributed by atoms with Crippen LogP contribution in [0.1, 0.15) is 26.4 Å². The summed E-state index contributed by atoms with van der Waals surface area (Å²) in [5.74, 6) is 0.384. The first-order chi connectivity index (χ1) is 16.3. The van der Waals surface area contributed by atoms with E-state index in [2.05, 4.69) is 30.9 Å². The molecule has 0 aliphatic carbocycles. The fourth-order valence-electron chi connectivity index (χ4n) is 3.61. The Balaban J connectivity index is 1.62. The molecule has 9 nitrogen and oxygen atoms in total. The van der Waals surface area contributed by atoms with Gasteiger partial charge in [0.05, 0.1) is 23.0 Å². The highest BCUT2D eigenvalue weighted by atomic mass is 35.5. The number of nitrogens with zero attached hydrogens (tertiary/aromatic N) is 3. The zero-order valence-corrected chi connectivity index (χ0v) is 19.9. The maximum Gasteiger partial charge on any atom is 0.255 e. The van der Waals surface area contributed by atoms with Gasteiger partial charge in [-0.3, -0.25) is 9.59 Å². The predicted molar refractivity (Wildman–Crippen MR) is 134 cm³/mol. The average Bonchev–Trinajstić information content (AvgIpc) is 3.15. The molecule has 0 saturated heterocycles. The molecular formula is C24H24ClN7O2. The molecule has 0 aliphatic rings. The van der Waals surface area contributed by atoms with Crippen molar-refractivity contribution >= 4 is 57.5 Å². The summed E-state index contributed by atoms with van der Waals surface area (Å²) in [6, 6.07) is 12.7. The normalized spacial score (nSPS) is 10.7. The van der Waals surface area contributed by atoms with Crippen LogP contribution in [-0.4, -0.2) is 52.8 Å². The number of aromatic amines is 1. The van der Waals surface area contributed by atoms with Crippen molar-refractivity contribution in [2.45, 2.75) is 6.92 Å². The van der Waals surface area contributed by atoms with Crippen molar-refractivity contribution in [2.75, 3.05) is 31.8 Å². The number of hydrogen-bond donors (Lipinski definition) is 4. The topological polar surface area (TPSA) is 115 Å². The fraction of sp³-hybridized carbons (Fsp3) is 0.167. The maximum absolute atomic E-state index is 12.5. The van der Waals surface area contributed by atoms with Gasteiger partial charge in [0.15, 0.2) is 5.82 Å². The van der Waals surface area contributed by atoms with E-state index in [0.717, 1.165) is 22.3 Å². The number of H-pyrrole nitrogens is 1. The molecule has 0 bridgehead atoms. The first-order valence-electron chi connectivity index (χ1n) is 10.5. The Bertz CT molecular complexity index is 1400. The van der Waals surface area contributed by atoms with E-state index < -0.39 is 0 Å². The van der Waals surface area contributed by atoms with E-state index in [0.29, 0.717) is 33.6 Å². The molecule has 2 amide bonds. The standard InChI is InChI=1S/C24H24ClN7O2/c1-13-20(23(34)32(3)4)15-10-9-14(11-19(15)28-13)29-24-27-12-17(25)21(31-24)30-18-8-6-5-7-16(18)22(33)26-2/h5-12,28H,1-4H3,(H,26,33)(H2,27,29,30,31). The highest BCUT2D eigenvalue weighted by Gasteiger charge is 2.18. The third-order valence-corrected chi connectivity index (χ3v) is 5.53. The van der Waals surface area contributed by atoms with Crippen LogP contribution in [0.3, 0.4) is 0 Å². The Morgan fingerprint density at radius 2 is 1.85 bits per heavy atom. The highest BCUT2D eigenvalue weighted by molar-refractivity contribution is 6.33. The molecule has 10 heteroatoms. The molecule has 0 aliphatic heterocycles. The second kappa shape index (κ2) is 9.40. The molecule has 174 valence electrons. The first kappa shape index (κ1) is 23.1. The van der Waals surface area contributed by atoms with Crippen molar-refractivity contribution in [3.63, 3.8) is 0 Å². The minimum absolute atomic E-state index is 0.0572. The average molecular weight is 478 g/mol. The Morgan fingerprint density at radius 3 is 2.59 bits per heavy atom. The lowest BCUT2D eigenvalue weighted by Crippen LogP contribution is -2.22. The van der Waals surface area contributed by atoms with Gasteiger partial charge in [-0.2, -0.15) is 4.98 Å². The molecule has 0 atom stereocenters. The van der Waals surface area contributed by atoms with Crippen LogP contribution < -0.4 is 16.0 Å². The van der Waals surface area contributed by atoms with E-state index in [1.807, 2.05) is 31.2 Å². The number of anilines is 4. The fourth-order valence-corrected chi connectivity index (χ4v) is 3.74. The largest absolute Gasteiger partial charge is 0.358 e. The van der Waals surface area contributed by atoms with Gasteiger partial charge in [0.1, 0.15) is 5.02 Å². The monoisotopic (exact) mass is 477 g/mol. The van der Waals surface area contributed by atoms with Crippen LogP contribution in [0.15, 0.2) is 48.7 Å².